The largest absolute Gasteiger partial charge is 0.502 e. The molecule has 8 nitrogen and oxygen atoms in total. The molecular weight excluding hydrogens is 488 g/mol. The van der Waals surface area contributed by atoms with Crippen LogP contribution in [0.3, 0.4) is 0 Å². The minimum atomic E-state index is -0.547. The van der Waals surface area contributed by atoms with Crippen molar-refractivity contribution in [3.63, 3.8) is 0 Å². The van der Waals surface area contributed by atoms with Gasteiger partial charge in [-0.25, -0.2) is 4.98 Å². The average molecular weight is 519 g/mol. The lowest BCUT2D eigenvalue weighted by Gasteiger charge is -2.37. The summed E-state index contributed by atoms with van der Waals surface area (Å²) in [5.41, 5.74) is 3.94. The van der Waals surface area contributed by atoms with Gasteiger partial charge in [-0.05, 0) is 48.4 Å². The molecular formula is C31H30N6O2. The minimum absolute atomic E-state index is 0.00144. The first-order valence-electron chi connectivity index (χ1n) is 13.2. The normalized spacial score (nSPS) is 18.4. The molecule has 8 heteroatoms. The highest BCUT2D eigenvalue weighted by atomic mass is 16.3. The molecule has 2 fully saturated rings. The molecule has 0 amide bonds. The summed E-state index contributed by atoms with van der Waals surface area (Å²) < 4.78 is 0. The lowest BCUT2D eigenvalue weighted by molar-refractivity contribution is 0.125. The van der Waals surface area contributed by atoms with E-state index >= 15 is 0 Å². The summed E-state index contributed by atoms with van der Waals surface area (Å²) in [6.45, 7) is 4.82. The third kappa shape index (κ3) is 6.54. The Hall–Kier alpha value is -4.42. The van der Waals surface area contributed by atoms with Gasteiger partial charge in [0.2, 0.25) is 5.75 Å². The van der Waals surface area contributed by atoms with E-state index in [0.29, 0.717) is 18.7 Å². The molecule has 2 saturated heterocycles. The van der Waals surface area contributed by atoms with Crippen molar-refractivity contribution in [2.24, 2.45) is 11.8 Å². The molecule has 2 aromatic carbocycles. The zero-order valence-corrected chi connectivity index (χ0v) is 21.7. The molecule has 2 aliphatic rings. The summed E-state index contributed by atoms with van der Waals surface area (Å²) in [5.74, 6) is 6.33. The number of aromatic hydroxyl groups is 1. The first-order chi connectivity index (χ1) is 19.0. The molecule has 5 rings (SSSR count). The standard InChI is InChI=1S/C31H30N6O2/c32-14-25-11-12-36(17-25)16-24-5-3-22(4-6-24)1-2-23-7-9-27(10-8-23)28(20-37-18-26(15-33)19-37)13-29-30(38)31(39)35-21-34-29/h3-10,21,25-26,28,38H,11-13,16-20H2,(H,34,35,39). The zero-order chi connectivity index (χ0) is 27.2. The lowest BCUT2D eigenvalue weighted by atomic mass is 9.90. The molecule has 0 bridgehead atoms. The van der Waals surface area contributed by atoms with Crippen LogP contribution in [0.25, 0.3) is 0 Å². The second-order valence-electron chi connectivity index (χ2n) is 10.4. The Morgan fingerprint density at radius 2 is 1.59 bits per heavy atom. The summed E-state index contributed by atoms with van der Waals surface area (Å²) in [4.78, 5) is 23.0. The summed E-state index contributed by atoms with van der Waals surface area (Å²) in [6, 6.07) is 21.0. The maximum absolute atomic E-state index is 11.9. The van der Waals surface area contributed by atoms with Gasteiger partial charge >= 0.3 is 0 Å². The topological polar surface area (TPSA) is 120 Å². The van der Waals surface area contributed by atoms with E-state index in [1.54, 1.807) is 0 Å². The van der Waals surface area contributed by atoms with Gasteiger partial charge in [0.05, 0.1) is 36.0 Å². The first kappa shape index (κ1) is 26.2. The lowest BCUT2D eigenvalue weighted by Crippen LogP contribution is -2.47. The van der Waals surface area contributed by atoms with Crippen molar-refractivity contribution >= 4 is 0 Å². The van der Waals surface area contributed by atoms with Crippen LogP contribution in [0.15, 0.2) is 59.7 Å². The third-order valence-corrected chi connectivity index (χ3v) is 7.51. The van der Waals surface area contributed by atoms with Crippen LogP contribution in [0.2, 0.25) is 0 Å². The van der Waals surface area contributed by atoms with Crippen molar-refractivity contribution in [1.82, 2.24) is 19.8 Å². The Morgan fingerprint density at radius 1 is 0.949 bits per heavy atom. The van der Waals surface area contributed by atoms with E-state index in [2.05, 4.69) is 55.9 Å². The molecule has 0 spiro atoms. The average Bonchev–Trinajstić information content (AvgIpc) is 3.39. The number of benzene rings is 2. The number of aromatic amines is 1. The van der Waals surface area contributed by atoms with Crippen molar-refractivity contribution in [1.29, 1.82) is 10.5 Å². The number of aromatic nitrogens is 2. The van der Waals surface area contributed by atoms with Crippen molar-refractivity contribution < 1.29 is 5.11 Å². The molecule has 2 atom stereocenters. The first-order valence-corrected chi connectivity index (χ1v) is 13.2. The summed E-state index contributed by atoms with van der Waals surface area (Å²) in [6.07, 6.45) is 2.67. The van der Waals surface area contributed by atoms with E-state index in [1.165, 1.54) is 11.9 Å². The molecule has 3 aromatic rings. The number of hydrogen-bond acceptors (Lipinski definition) is 7. The number of likely N-dealkylation sites (tertiary alicyclic amines) is 2. The zero-order valence-electron chi connectivity index (χ0n) is 21.7. The van der Waals surface area contributed by atoms with Crippen LogP contribution in [0.4, 0.5) is 0 Å². The van der Waals surface area contributed by atoms with Gasteiger partial charge in [-0.2, -0.15) is 10.5 Å². The smallest absolute Gasteiger partial charge is 0.293 e. The Labute approximate surface area is 228 Å². The maximum Gasteiger partial charge on any atom is 0.293 e. The van der Waals surface area contributed by atoms with Gasteiger partial charge in [0.1, 0.15) is 0 Å². The Balaban J connectivity index is 1.25. The van der Waals surface area contributed by atoms with Crippen LogP contribution in [-0.4, -0.2) is 57.6 Å². The quantitative estimate of drug-likeness (QED) is 0.462. The van der Waals surface area contributed by atoms with Gasteiger partial charge in [-0.15, -0.1) is 0 Å². The van der Waals surface area contributed by atoms with E-state index in [-0.39, 0.29) is 23.5 Å². The predicted molar refractivity (Wildman–Crippen MR) is 146 cm³/mol. The SMILES string of the molecule is N#CC1CCN(Cc2ccc(C#Cc3ccc(C(Cc4nc[nH]c(=O)c4O)CN4CC(C#N)C4)cc3)cc2)C1. The van der Waals surface area contributed by atoms with E-state index in [0.717, 1.165) is 55.8 Å². The number of nitrogens with zero attached hydrogens (tertiary/aromatic N) is 5. The van der Waals surface area contributed by atoms with Crippen LogP contribution in [0.1, 0.15) is 40.3 Å². The van der Waals surface area contributed by atoms with Gasteiger partial charge in [0, 0.05) is 56.2 Å². The number of H-pyrrole nitrogens is 1. The molecule has 2 unspecified atom stereocenters. The van der Waals surface area contributed by atoms with Crippen LogP contribution in [0.5, 0.6) is 5.75 Å². The van der Waals surface area contributed by atoms with Gasteiger partial charge in [0.25, 0.3) is 5.56 Å². The highest BCUT2D eigenvalue weighted by Gasteiger charge is 2.29. The Morgan fingerprint density at radius 3 is 2.23 bits per heavy atom. The van der Waals surface area contributed by atoms with Crippen molar-refractivity contribution in [2.45, 2.75) is 25.3 Å². The second-order valence-corrected chi connectivity index (χ2v) is 10.4. The van der Waals surface area contributed by atoms with Crippen LogP contribution < -0.4 is 5.56 Å². The van der Waals surface area contributed by atoms with E-state index < -0.39 is 5.56 Å². The Kier molecular flexibility index (Phi) is 8.04. The van der Waals surface area contributed by atoms with Gasteiger partial charge in [0.15, 0.2) is 0 Å². The predicted octanol–water partition coefficient (Wildman–Crippen LogP) is 3.00. The molecule has 3 heterocycles. The highest BCUT2D eigenvalue weighted by Crippen LogP contribution is 2.27. The number of nitrogens with one attached hydrogen (secondary N) is 1. The maximum atomic E-state index is 11.9. The fourth-order valence-electron chi connectivity index (χ4n) is 5.23. The van der Waals surface area contributed by atoms with Crippen molar-refractivity contribution in [3.8, 4) is 29.7 Å². The third-order valence-electron chi connectivity index (χ3n) is 7.51. The summed E-state index contributed by atoms with van der Waals surface area (Å²) in [7, 11) is 0. The van der Waals surface area contributed by atoms with Gasteiger partial charge < -0.3 is 15.0 Å². The van der Waals surface area contributed by atoms with Gasteiger partial charge in [-0.1, -0.05) is 36.1 Å². The molecule has 0 aliphatic carbocycles. The summed E-state index contributed by atoms with van der Waals surface area (Å²) in [5, 5.41) is 28.4. The summed E-state index contributed by atoms with van der Waals surface area (Å²) >= 11 is 0. The number of hydrogen-bond donors (Lipinski definition) is 2. The van der Waals surface area contributed by atoms with Crippen molar-refractivity contribution in [3.05, 3.63) is 93.2 Å². The van der Waals surface area contributed by atoms with E-state index in [4.69, 9.17) is 10.5 Å². The number of rotatable bonds is 7. The van der Waals surface area contributed by atoms with Crippen LogP contribution >= 0.6 is 0 Å². The molecule has 0 saturated carbocycles. The van der Waals surface area contributed by atoms with Crippen molar-refractivity contribution in [2.75, 3.05) is 32.7 Å². The molecule has 0 radical (unpaired) electrons. The number of nitriles is 2. The van der Waals surface area contributed by atoms with Crippen LogP contribution in [0, 0.1) is 46.3 Å². The monoisotopic (exact) mass is 518 g/mol. The van der Waals surface area contributed by atoms with Gasteiger partial charge in [-0.3, -0.25) is 9.69 Å². The fraction of sp³-hybridized carbons (Fsp3) is 0.355. The Bertz CT molecular complexity index is 1500. The fourth-order valence-corrected chi connectivity index (χ4v) is 5.23. The molecule has 2 aliphatic heterocycles. The van der Waals surface area contributed by atoms with Crippen LogP contribution in [-0.2, 0) is 13.0 Å². The van der Waals surface area contributed by atoms with E-state index in [1.807, 2.05) is 36.4 Å². The molecule has 196 valence electrons. The molecule has 1 aromatic heterocycles. The highest BCUT2D eigenvalue weighted by molar-refractivity contribution is 5.44. The minimum Gasteiger partial charge on any atom is -0.502 e. The second kappa shape index (κ2) is 12.0. The molecule has 2 N–H and O–H groups in total. The van der Waals surface area contributed by atoms with E-state index in [9.17, 15) is 9.90 Å². The molecule has 39 heavy (non-hydrogen) atoms.